The monoisotopic (exact) mass is 421 g/mol. The van der Waals surface area contributed by atoms with Crippen molar-refractivity contribution in [3.05, 3.63) is 23.8 Å². The minimum atomic E-state index is -0.719. The molecule has 29 heavy (non-hydrogen) atoms. The van der Waals surface area contributed by atoms with Crippen LogP contribution in [0.2, 0.25) is 0 Å². The molecule has 2 aromatic rings. The van der Waals surface area contributed by atoms with Crippen LogP contribution in [0.25, 0.3) is 0 Å². The van der Waals surface area contributed by atoms with Crippen LogP contribution in [0.1, 0.15) is 25.5 Å². The van der Waals surface area contributed by atoms with Gasteiger partial charge in [-0.2, -0.15) is 15.0 Å². The van der Waals surface area contributed by atoms with Crippen molar-refractivity contribution >= 4 is 35.4 Å². The van der Waals surface area contributed by atoms with Crippen LogP contribution in [0.15, 0.2) is 18.2 Å². The summed E-state index contributed by atoms with van der Waals surface area (Å²) in [4.78, 5) is 25.3. The number of halogens is 1. The van der Waals surface area contributed by atoms with E-state index in [1.54, 1.807) is 26.4 Å². The Morgan fingerprint density at radius 2 is 1.59 bits per heavy atom. The number of hydrogen-bond acceptors (Lipinski definition) is 9. The van der Waals surface area contributed by atoms with E-state index >= 15 is 0 Å². The van der Waals surface area contributed by atoms with Gasteiger partial charge in [0.1, 0.15) is 11.4 Å². The highest BCUT2D eigenvalue weighted by Crippen LogP contribution is 2.41. The molecular formula is C18H24ClN7O3. The van der Waals surface area contributed by atoms with Gasteiger partial charge in [0.25, 0.3) is 5.91 Å². The number of nitrogens with one attached hydrogen (secondary N) is 3. The molecule has 1 aromatic heterocycles. The summed E-state index contributed by atoms with van der Waals surface area (Å²) >= 11 is 6.31. The van der Waals surface area contributed by atoms with Crippen molar-refractivity contribution in [1.29, 1.82) is 0 Å². The molecule has 1 aliphatic rings. The third-order valence-corrected chi connectivity index (χ3v) is 4.73. The van der Waals surface area contributed by atoms with Crippen molar-refractivity contribution < 1.29 is 14.3 Å². The smallest absolute Gasteiger partial charge is 0.262 e. The van der Waals surface area contributed by atoms with E-state index in [1.165, 1.54) is 5.01 Å². The number of alkyl halides is 1. The van der Waals surface area contributed by atoms with Crippen LogP contribution in [0.4, 0.5) is 17.8 Å². The second kappa shape index (κ2) is 8.99. The van der Waals surface area contributed by atoms with Crippen LogP contribution in [0.3, 0.4) is 0 Å². The largest absolute Gasteiger partial charge is 0.493 e. The number of benzene rings is 1. The molecule has 1 fully saturated rings. The van der Waals surface area contributed by atoms with E-state index in [1.807, 2.05) is 19.9 Å². The molecule has 0 spiro atoms. The number of hydrogen-bond donors (Lipinski definition) is 3. The predicted molar refractivity (Wildman–Crippen MR) is 111 cm³/mol. The minimum Gasteiger partial charge on any atom is -0.493 e. The van der Waals surface area contributed by atoms with Gasteiger partial charge in [0.15, 0.2) is 11.5 Å². The summed E-state index contributed by atoms with van der Waals surface area (Å²) in [6.45, 7) is 5.17. The van der Waals surface area contributed by atoms with E-state index in [2.05, 4.69) is 31.0 Å². The SMILES string of the molecule is CCNc1nc(NCC)nc(NN2C(=O)C(Cl)C2c2ccc(OC)c(OC)c2)n1. The van der Waals surface area contributed by atoms with Gasteiger partial charge >= 0.3 is 0 Å². The van der Waals surface area contributed by atoms with E-state index in [4.69, 9.17) is 21.1 Å². The minimum absolute atomic E-state index is 0.231. The molecule has 1 saturated heterocycles. The number of hydrazine groups is 1. The first-order chi connectivity index (χ1) is 14.0. The Kier molecular flexibility index (Phi) is 6.42. The third-order valence-electron chi connectivity index (χ3n) is 4.30. The summed E-state index contributed by atoms with van der Waals surface area (Å²) in [5, 5.41) is 6.77. The van der Waals surface area contributed by atoms with E-state index in [9.17, 15) is 4.79 Å². The molecule has 10 nitrogen and oxygen atoms in total. The van der Waals surface area contributed by atoms with Crippen LogP contribution in [-0.4, -0.2) is 58.6 Å². The summed E-state index contributed by atoms with van der Waals surface area (Å²) < 4.78 is 10.6. The van der Waals surface area contributed by atoms with Crippen molar-refractivity contribution in [2.45, 2.75) is 25.3 Å². The molecule has 1 aliphatic heterocycles. The third kappa shape index (κ3) is 4.21. The van der Waals surface area contributed by atoms with Crippen LogP contribution in [0, 0.1) is 0 Å². The summed E-state index contributed by atoms with van der Waals surface area (Å²) in [7, 11) is 3.12. The van der Waals surface area contributed by atoms with Crippen LogP contribution < -0.4 is 25.5 Å². The van der Waals surface area contributed by atoms with Gasteiger partial charge in [-0.3, -0.25) is 10.2 Å². The number of amides is 1. The number of β-lactam (4-membered cyclic amide) rings is 1. The Bertz CT molecular complexity index is 858. The molecule has 11 heteroatoms. The number of aromatic nitrogens is 3. The molecule has 1 aromatic carbocycles. The summed E-state index contributed by atoms with van der Waals surface area (Å²) in [6.07, 6.45) is 0. The second-order valence-electron chi connectivity index (χ2n) is 6.15. The van der Waals surface area contributed by atoms with Gasteiger partial charge in [-0.25, -0.2) is 5.01 Å². The van der Waals surface area contributed by atoms with E-state index in [0.717, 1.165) is 5.56 Å². The molecule has 2 unspecified atom stereocenters. The highest BCUT2D eigenvalue weighted by molar-refractivity contribution is 6.33. The van der Waals surface area contributed by atoms with Gasteiger partial charge in [0, 0.05) is 13.1 Å². The van der Waals surface area contributed by atoms with E-state index < -0.39 is 11.4 Å². The number of rotatable bonds is 9. The lowest BCUT2D eigenvalue weighted by molar-refractivity contribution is -0.143. The molecule has 156 valence electrons. The van der Waals surface area contributed by atoms with Gasteiger partial charge in [0.2, 0.25) is 17.8 Å². The van der Waals surface area contributed by atoms with Gasteiger partial charge < -0.3 is 20.1 Å². The average molecular weight is 422 g/mol. The lowest BCUT2D eigenvalue weighted by Crippen LogP contribution is -2.58. The Morgan fingerprint density at radius 1 is 1.00 bits per heavy atom. The molecule has 0 bridgehead atoms. The van der Waals surface area contributed by atoms with Crippen molar-refractivity contribution in [1.82, 2.24) is 20.0 Å². The van der Waals surface area contributed by atoms with E-state index in [-0.39, 0.29) is 11.9 Å². The molecule has 2 heterocycles. The number of methoxy groups -OCH3 is 2. The summed E-state index contributed by atoms with van der Waals surface area (Å²) in [5.74, 6) is 1.90. The zero-order valence-corrected chi connectivity index (χ0v) is 17.4. The van der Waals surface area contributed by atoms with Crippen molar-refractivity contribution in [2.24, 2.45) is 0 Å². The van der Waals surface area contributed by atoms with Crippen LogP contribution in [0.5, 0.6) is 11.5 Å². The number of carbonyl (C=O) groups excluding carboxylic acids is 1. The van der Waals surface area contributed by atoms with Gasteiger partial charge in [0.05, 0.1) is 14.2 Å². The topological polar surface area (TPSA) is 114 Å². The molecule has 1 amide bonds. The Hall–Kier alpha value is -3.01. The Balaban J connectivity index is 1.87. The molecule has 3 N–H and O–H groups in total. The number of ether oxygens (including phenoxy) is 2. The molecule has 0 saturated carbocycles. The molecule has 0 radical (unpaired) electrons. The fourth-order valence-corrected chi connectivity index (χ4v) is 3.30. The maximum absolute atomic E-state index is 12.4. The van der Waals surface area contributed by atoms with E-state index in [0.29, 0.717) is 36.5 Å². The number of carbonyl (C=O) groups is 1. The predicted octanol–water partition coefficient (Wildman–Crippen LogP) is 2.27. The fourth-order valence-electron chi connectivity index (χ4n) is 2.94. The quantitative estimate of drug-likeness (QED) is 0.414. The van der Waals surface area contributed by atoms with Gasteiger partial charge in [-0.1, -0.05) is 6.07 Å². The molecule has 0 aliphatic carbocycles. The van der Waals surface area contributed by atoms with Gasteiger partial charge in [-0.05, 0) is 31.5 Å². The average Bonchev–Trinajstić information content (AvgIpc) is 2.73. The first-order valence-electron chi connectivity index (χ1n) is 9.21. The summed E-state index contributed by atoms with van der Waals surface area (Å²) in [6, 6.07) is 4.98. The first-order valence-corrected chi connectivity index (χ1v) is 9.65. The van der Waals surface area contributed by atoms with Gasteiger partial charge in [-0.15, -0.1) is 11.6 Å². The molecule has 3 rings (SSSR count). The highest BCUT2D eigenvalue weighted by atomic mass is 35.5. The number of nitrogens with zero attached hydrogens (tertiary/aromatic N) is 4. The van der Waals surface area contributed by atoms with Crippen LogP contribution in [-0.2, 0) is 4.79 Å². The zero-order valence-electron chi connectivity index (χ0n) is 16.7. The molecule has 2 atom stereocenters. The Morgan fingerprint density at radius 3 is 2.14 bits per heavy atom. The normalized spacial score (nSPS) is 18.1. The second-order valence-corrected chi connectivity index (χ2v) is 6.62. The van der Waals surface area contributed by atoms with Crippen molar-refractivity contribution in [3.63, 3.8) is 0 Å². The van der Waals surface area contributed by atoms with Crippen LogP contribution >= 0.6 is 11.6 Å². The van der Waals surface area contributed by atoms with Crippen molar-refractivity contribution in [3.8, 4) is 11.5 Å². The maximum atomic E-state index is 12.4. The fraction of sp³-hybridized carbons (Fsp3) is 0.444. The van der Waals surface area contributed by atoms with Crippen molar-refractivity contribution in [2.75, 3.05) is 43.4 Å². The summed E-state index contributed by atoms with van der Waals surface area (Å²) in [5.41, 5.74) is 3.75. The standard InChI is InChI=1S/C18H24ClN7O3/c1-5-20-16-22-17(21-6-2)24-18(23-16)25-26-14(13(19)15(26)27)10-7-8-11(28-3)12(9-10)29-4/h7-9,13-14H,5-6H2,1-4H3,(H3,20,21,22,23,24,25). The number of anilines is 3. The lowest BCUT2D eigenvalue weighted by Gasteiger charge is -2.44. The lowest BCUT2D eigenvalue weighted by atomic mass is 9.95. The maximum Gasteiger partial charge on any atom is 0.262 e. The zero-order chi connectivity index (χ0) is 21.0. The highest BCUT2D eigenvalue weighted by Gasteiger charge is 2.48. The molecular weight excluding hydrogens is 398 g/mol. The Labute approximate surface area is 173 Å². The first kappa shape index (κ1) is 20.7.